The van der Waals surface area contributed by atoms with Crippen molar-refractivity contribution in [1.29, 1.82) is 0 Å². The molecule has 0 aromatic rings. The maximum atomic E-state index is 0. The van der Waals surface area contributed by atoms with E-state index in [0.717, 1.165) is 0 Å². The SMILES string of the molecule is O.O.O.O.[Cd]. The predicted octanol–water partition coefficient (Wildman–Crippen LogP) is -3.30. The average molecular weight is 184 g/mol. The van der Waals surface area contributed by atoms with Gasteiger partial charge in [0, 0.05) is 27.3 Å². The van der Waals surface area contributed by atoms with Crippen molar-refractivity contribution in [3.05, 3.63) is 0 Å². The van der Waals surface area contributed by atoms with Gasteiger partial charge >= 0.3 is 0 Å². The van der Waals surface area contributed by atoms with Crippen LogP contribution in [-0.4, -0.2) is 21.9 Å². The summed E-state index contributed by atoms with van der Waals surface area (Å²) in [7, 11) is 0. The zero-order valence-electron chi connectivity index (χ0n) is 2.71. The Labute approximate surface area is 49.6 Å². The molecule has 5 heteroatoms. The zero-order chi connectivity index (χ0) is 0. The van der Waals surface area contributed by atoms with Crippen LogP contribution in [0.15, 0.2) is 0 Å². The first-order valence-electron chi connectivity index (χ1n) is 0. The van der Waals surface area contributed by atoms with Crippen LogP contribution in [0.25, 0.3) is 0 Å². The fourth-order valence-electron chi connectivity index (χ4n) is 0. The van der Waals surface area contributed by atoms with Crippen LogP contribution in [-0.2, 0) is 27.3 Å². The molecule has 4 nitrogen and oxygen atoms in total. The third-order valence-electron chi connectivity index (χ3n) is 0. The van der Waals surface area contributed by atoms with E-state index in [4.69, 9.17) is 0 Å². The minimum Gasteiger partial charge on any atom is -0.412 e. The van der Waals surface area contributed by atoms with Gasteiger partial charge in [-0.3, -0.25) is 0 Å². The molecule has 34 valence electrons. The third kappa shape index (κ3) is 62.6. The Hall–Kier alpha value is 0.762. The molecule has 0 bridgehead atoms. The largest absolute Gasteiger partial charge is 0.412 e. The molecule has 5 heavy (non-hydrogen) atoms. The molecule has 0 atom stereocenters. The van der Waals surface area contributed by atoms with Gasteiger partial charge in [-0.25, -0.2) is 0 Å². The molecule has 0 rings (SSSR count). The van der Waals surface area contributed by atoms with E-state index in [1.165, 1.54) is 0 Å². The molecule has 0 heterocycles. The van der Waals surface area contributed by atoms with E-state index in [9.17, 15) is 0 Å². The summed E-state index contributed by atoms with van der Waals surface area (Å²) in [6, 6.07) is 0. The molecule has 0 radical (unpaired) electrons. The van der Waals surface area contributed by atoms with Crippen LogP contribution in [0.4, 0.5) is 0 Å². The minimum atomic E-state index is 0. The van der Waals surface area contributed by atoms with Crippen molar-refractivity contribution in [3.63, 3.8) is 0 Å². The Balaban J connectivity index is 0. The van der Waals surface area contributed by atoms with Gasteiger partial charge in [-0.15, -0.1) is 0 Å². The Morgan fingerprint density at radius 2 is 0.400 bits per heavy atom. The normalized spacial score (nSPS) is 0. The maximum Gasteiger partial charge on any atom is 0 e. The first-order valence-corrected chi connectivity index (χ1v) is 0. The number of hydrogen-bond acceptors (Lipinski definition) is 0. The van der Waals surface area contributed by atoms with Crippen LogP contribution in [0.2, 0.25) is 0 Å². The summed E-state index contributed by atoms with van der Waals surface area (Å²) in [4.78, 5) is 0. The molecule has 0 saturated heterocycles. The molecule has 0 aliphatic rings. The van der Waals surface area contributed by atoms with Gasteiger partial charge in [-0.1, -0.05) is 0 Å². The van der Waals surface area contributed by atoms with E-state index < -0.39 is 0 Å². The van der Waals surface area contributed by atoms with Gasteiger partial charge in [0.25, 0.3) is 0 Å². The molecule has 0 aromatic carbocycles. The molecule has 0 aliphatic heterocycles. The van der Waals surface area contributed by atoms with E-state index in [1.807, 2.05) is 0 Å². The second-order valence-corrected chi connectivity index (χ2v) is 0. The van der Waals surface area contributed by atoms with Crippen LogP contribution < -0.4 is 0 Å². The Morgan fingerprint density at radius 3 is 0.400 bits per heavy atom. The van der Waals surface area contributed by atoms with Gasteiger partial charge in [0.1, 0.15) is 0 Å². The van der Waals surface area contributed by atoms with Gasteiger partial charge in [-0.05, 0) is 0 Å². The van der Waals surface area contributed by atoms with E-state index in [-0.39, 0.29) is 49.2 Å². The quantitative estimate of drug-likeness (QED) is 0.350. The van der Waals surface area contributed by atoms with Crippen molar-refractivity contribution < 1.29 is 49.2 Å². The van der Waals surface area contributed by atoms with Gasteiger partial charge in [0.2, 0.25) is 0 Å². The molecule has 0 aromatic heterocycles. The zero-order valence-corrected chi connectivity index (χ0v) is 6.74. The van der Waals surface area contributed by atoms with Crippen molar-refractivity contribution in [2.75, 3.05) is 0 Å². The van der Waals surface area contributed by atoms with Crippen molar-refractivity contribution >= 4 is 0 Å². The number of rotatable bonds is 0. The second-order valence-electron chi connectivity index (χ2n) is 0. The van der Waals surface area contributed by atoms with Crippen LogP contribution in [0.5, 0.6) is 0 Å². The predicted molar refractivity (Wildman–Crippen MR) is 14.5 cm³/mol. The molecule has 0 aliphatic carbocycles. The molecule has 8 N–H and O–H groups in total. The fourth-order valence-corrected chi connectivity index (χ4v) is 0. The minimum absolute atomic E-state index is 0. The standard InChI is InChI=1S/Cd.4H2O/h;4*1H2. The monoisotopic (exact) mass is 186 g/mol. The number of hydrogen-bond donors (Lipinski definition) is 0. The molecule has 0 spiro atoms. The second kappa shape index (κ2) is 116. The summed E-state index contributed by atoms with van der Waals surface area (Å²) < 4.78 is 0. The van der Waals surface area contributed by atoms with Gasteiger partial charge < -0.3 is 21.9 Å². The molecular weight excluding hydrogens is 176 g/mol. The smallest absolute Gasteiger partial charge is 0 e. The third-order valence-corrected chi connectivity index (χ3v) is 0. The summed E-state index contributed by atoms with van der Waals surface area (Å²) in [5.41, 5.74) is 0. The van der Waals surface area contributed by atoms with E-state index >= 15 is 0 Å². The summed E-state index contributed by atoms with van der Waals surface area (Å²) in [6.45, 7) is 0. The summed E-state index contributed by atoms with van der Waals surface area (Å²) >= 11 is 0. The average Bonchev–Trinajstić information content (AvgIpc) is 0. The molecular formula is H8CdO4. The van der Waals surface area contributed by atoms with E-state index in [1.54, 1.807) is 0 Å². The molecule has 0 saturated carbocycles. The maximum absolute atomic E-state index is 0. The Morgan fingerprint density at radius 1 is 0.400 bits per heavy atom. The fraction of sp³-hybridized carbons (Fsp3) is 0. The molecule has 0 fully saturated rings. The molecule has 0 amide bonds. The Kier molecular flexibility index (Phi) is 5220. The van der Waals surface area contributed by atoms with Crippen molar-refractivity contribution in [2.45, 2.75) is 0 Å². The Bertz CT molecular complexity index is 3.61. The summed E-state index contributed by atoms with van der Waals surface area (Å²) in [5.74, 6) is 0. The van der Waals surface area contributed by atoms with Crippen LogP contribution in [0, 0.1) is 0 Å². The van der Waals surface area contributed by atoms with Crippen molar-refractivity contribution in [3.8, 4) is 0 Å². The topological polar surface area (TPSA) is 126 Å². The van der Waals surface area contributed by atoms with Crippen LogP contribution in [0.3, 0.4) is 0 Å². The van der Waals surface area contributed by atoms with Gasteiger partial charge in [-0.2, -0.15) is 0 Å². The van der Waals surface area contributed by atoms with Gasteiger partial charge in [0.15, 0.2) is 0 Å². The van der Waals surface area contributed by atoms with Gasteiger partial charge in [0.05, 0.1) is 0 Å². The summed E-state index contributed by atoms with van der Waals surface area (Å²) in [6.07, 6.45) is 0. The molecule has 0 unspecified atom stereocenters. The van der Waals surface area contributed by atoms with Crippen molar-refractivity contribution in [2.24, 2.45) is 0 Å². The first-order chi connectivity index (χ1) is 0. The van der Waals surface area contributed by atoms with Crippen molar-refractivity contribution in [1.82, 2.24) is 0 Å². The first kappa shape index (κ1) is 225. The summed E-state index contributed by atoms with van der Waals surface area (Å²) in [5, 5.41) is 0. The van der Waals surface area contributed by atoms with E-state index in [2.05, 4.69) is 0 Å². The van der Waals surface area contributed by atoms with Crippen LogP contribution in [0.1, 0.15) is 0 Å². The van der Waals surface area contributed by atoms with E-state index in [0.29, 0.717) is 0 Å². The van der Waals surface area contributed by atoms with Crippen LogP contribution >= 0.6 is 0 Å².